The minimum absolute atomic E-state index is 0.0355. The largest absolute Gasteiger partial charge is 0.756 e. The van der Waals surface area contributed by atoms with Crippen LogP contribution in [0, 0.1) is 0 Å². The molecule has 2 atom stereocenters. The van der Waals surface area contributed by atoms with Crippen molar-refractivity contribution in [2.75, 3.05) is 47.5 Å². The predicted molar refractivity (Wildman–Crippen MR) is 254 cm³/mol. The lowest BCUT2D eigenvalue weighted by atomic mass is 10.0. The minimum Gasteiger partial charge on any atom is -0.756 e. The van der Waals surface area contributed by atoms with Crippen LogP contribution in [0.3, 0.4) is 0 Å². The molecule has 1 unspecified atom stereocenters. The SMILES string of the molecule is CCCCCCCCCCCCCCCC/C=C/CC/C=C/CCCC(=O)O[C@H](COC(=O)CCCCCCCCCCCCCCCC)COP(=O)([O-])OCC[N+](C)(C)C. The van der Waals surface area contributed by atoms with E-state index in [4.69, 9.17) is 18.5 Å². The molecule has 0 aliphatic carbocycles. The van der Waals surface area contributed by atoms with Gasteiger partial charge in [0.2, 0.25) is 0 Å². The molecule has 0 amide bonds. The van der Waals surface area contributed by atoms with Crippen LogP contribution >= 0.6 is 7.82 Å². The van der Waals surface area contributed by atoms with Crippen molar-refractivity contribution in [3.05, 3.63) is 24.3 Å². The Labute approximate surface area is 377 Å². The number of unbranched alkanes of at least 4 members (excludes halogenated alkanes) is 29. The van der Waals surface area contributed by atoms with Crippen molar-refractivity contribution in [2.45, 2.75) is 245 Å². The van der Waals surface area contributed by atoms with E-state index < -0.39 is 26.5 Å². The zero-order valence-corrected chi connectivity index (χ0v) is 41.5. The number of phosphoric acid groups is 1. The number of ether oxygens (including phenoxy) is 2. The maximum absolute atomic E-state index is 12.7. The molecule has 0 aromatic rings. The van der Waals surface area contributed by atoms with Crippen molar-refractivity contribution < 1.29 is 42.1 Å². The van der Waals surface area contributed by atoms with Crippen molar-refractivity contribution in [1.82, 2.24) is 0 Å². The van der Waals surface area contributed by atoms with E-state index in [1.54, 1.807) is 0 Å². The quantitative estimate of drug-likeness (QED) is 0.0195. The predicted octanol–water partition coefficient (Wildman–Crippen LogP) is 14.5. The number of hydrogen-bond donors (Lipinski definition) is 0. The van der Waals surface area contributed by atoms with Gasteiger partial charge in [0.05, 0.1) is 27.7 Å². The van der Waals surface area contributed by atoms with Crippen LogP contribution in [0.4, 0.5) is 0 Å². The number of carbonyl (C=O) groups excluding carboxylic acids is 2. The third-order valence-corrected chi connectivity index (χ3v) is 12.2. The van der Waals surface area contributed by atoms with Gasteiger partial charge in [0.15, 0.2) is 6.10 Å². The Morgan fingerprint density at radius 2 is 0.869 bits per heavy atom. The summed E-state index contributed by atoms with van der Waals surface area (Å²) in [5.41, 5.74) is 0. The highest BCUT2D eigenvalue weighted by Gasteiger charge is 2.21. The van der Waals surface area contributed by atoms with Crippen LogP contribution in [-0.2, 0) is 32.7 Å². The summed E-state index contributed by atoms with van der Waals surface area (Å²) in [6.07, 6.45) is 49.4. The average Bonchev–Trinajstić information content (AvgIpc) is 3.21. The zero-order valence-electron chi connectivity index (χ0n) is 40.6. The van der Waals surface area contributed by atoms with Crippen LogP contribution in [0.2, 0.25) is 0 Å². The summed E-state index contributed by atoms with van der Waals surface area (Å²) >= 11 is 0. The Kier molecular flexibility index (Phi) is 42.6. The van der Waals surface area contributed by atoms with Gasteiger partial charge in [-0.2, -0.15) is 0 Å². The van der Waals surface area contributed by atoms with Gasteiger partial charge in [-0.1, -0.05) is 205 Å². The fraction of sp³-hybridized carbons (Fsp3) is 0.882. The monoisotopic (exact) mass is 884 g/mol. The summed E-state index contributed by atoms with van der Waals surface area (Å²) in [7, 11) is 1.15. The summed E-state index contributed by atoms with van der Waals surface area (Å²) in [5.74, 6) is -0.873. The van der Waals surface area contributed by atoms with Gasteiger partial charge in [0, 0.05) is 12.8 Å². The number of carbonyl (C=O) groups is 2. The number of allylic oxidation sites excluding steroid dienone is 4. The minimum atomic E-state index is -4.63. The second-order valence-corrected chi connectivity index (χ2v) is 19.9. The van der Waals surface area contributed by atoms with Crippen molar-refractivity contribution in [2.24, 2.45) is 0 Å². The zero-order chi connectivity index (χ0) is 45.0. The van der Waals surface area contributed by atoms with Crippen molar-refractivity contribution >= 4 is 19.8 Å². The fourth-order valence-electron chi connectivity index (χ4n) is 7.21. The maximum Gasteiger partial charge on any atom is 0.306 e. The van der Waals surface area contributed by atoms with Crippen molar-refractivity contribution in [3.63, 3.8) is 0 Å². The topological polar surface area (TPSA) is 111 Å². The molecule has 0 bridgehead atoms. The van der Waals surface area contributed by atoms with E-state index in [1.165, 1.54) is 161 Å². The molecule has 0 rings (SSSR count). The van der Waals surface area contributed by atoms with Gasteiger partial charge in [-0.15, -0.1) is 0 Å². The van der Waals surface area contributed by atoms with E-state index in [9.17, 15) is 19.0 Å². The molecule has 0 heterocycles. The Hall–Kier alpha value is -1.51. The molecule has 61 heavy (non-hydrogen) atoms. The van der Waals surface area contributed by atoms with Crippen LogP contribution < -0.4 is 4.89 Å². The van der Waals surface area contributed by atoms with Gasteiger partial charge < -0.3 is 27.9 Å². The second-order valence-electron chi connectivity index (χ2n) is 18.5. The van der Waals surface area contributed by atoms with Crippen molar-refractivity contribution in [1.29, 1.82) is 0 Å². The molecule has 0 aromatic heterocycles. The van der Waals surface area contributed by atoms with Gasteiger partial charge >= 0.3 is 11.9 Å². The van der Waals surface area contributed by atoms with E-state index in [1.807, 2.05) is 21.1 Å². The number of likely N-dealkylation sites (N-methyl/N-ethyl adjacent to an activating group) is 1. The molecule has 0 saturated carbocycles. The third kappa shape index (κ3) is 47.8. The first-order chi connectivity index (χ1) is 29.5. The number of quaternary nitrogens is 1. The summed E-state index contributed by atoms with van der Waals surface area (Å²) in [6.45, 7) is 4.22. The van der Waals surface area contributed by atoms with Gasteiger partial charge in [-0.25, -0.2) is 0 Å². The lowest BCUT2D eigenvalue weighted by Crippen LogP contribution is -2.37. The third-order valence-electron chi connectivity index (χ3n) is 11.2. The molecule has 0 fully saturated rings. The van der Waals surface area contributed by atoms with E-state index >= 15 is 0 Å². The highest BCUT2D eigenvalue weighted by Crippen LogP contribution is 2.38. The molecule has 0 radical (unpaired) electrons. The summed E-state index contributed by atoms with van der Waals surface area (Å²) in [4.78, 5) is 37.6. The standard InChI is InChI=1S/C51H98NO8P/c1-6-8-10-12-14-16-18-20-22-23-24-25-26-27-28-29-30-32-34-36-38-40-42-44-51(54)60-49(48-59-61(55,56)58-46-45-52(3,4)5)47-57-50(53)43-41-39-37-35-33-31-21-19-17-15-13-11-9-7-2/h29-30,36,38,49H,6-28,31-35,37,39-48H2,1-5H3/b30-29+,38-36+/t49-/m1/s1. The van der Waals surface area contributed by atoms with Crippen LogP contribution in [0.25, 0.3) is 0 Å². The first-order valence-corrected chi connectivity index (χ1v) is 27.0. The summed E-state index contributed by atoms with van der Waals surface area (Å²) in [5, 5.41) is 0. The average molecular weight is 884 g/mol. The van der Waals surface area contributed by atoms with Crippen LogP contribution in [0.5, 0.6) is 0 Å². The highest BCUT2D eigenvalue weighted by molar-refractivity contribution is 7.45. The van der Waals surface area contributed by atoms with Crippen molar-refractivity contribution in [3.8, 4) is 0 Å². The number of hydrogen-bond acceptors (Lipinski definition) is 8. The lowest BCUT2D eigenvalue weighted by Gasteiger charge is -2.28. The summed E-state index contributed by atoms with van der Waals surface area (Å²) in [6, 6.07) is 0. The van der Waals surface area contributed by atoms with Gasteiger partial charge in [0.25, 0.3) is 7.82 Å². The van der Waals surface area contributed by atoms with Crippen LogP contribution in [0.1, 0.15) is 239 Å². The fourth-order valence-corrected chi connectivity index (χ4v) is 7.93. The molecule has 0 spiro atoms. The smallest absolute Gasteiger partial charge is 0.306 e. The number of phosphoric ester groups is 1. The Balaban J connectivity index is 4.27. The highest BCUT2D eigenvalue weighted by atomic mass is 31.2. The lowest BCUT2D eigenvalue weighted by molar-refractivity contribution is -0.870. The Bertz CT molecular complexity index is 1090. The molecule has 360 valence electrons. The van der Waals surface area contributed by atoms with E-state index in [2.05, 4.69) is 38.2 Å². The Morgan fingerprint density at radius 1 is 0.492 bits per heavy atom. The molecular formula is C51H98NO8P. The maximum atomic E-state index is 12.7. The molecular weight excluding hydrogens is 786 g/mol. The molecule has 0 aromatic carbocycles. The number of esters is 2. The number of nitrogens with zero attached hydrogens (tertiary/aromatic N) is 1. The molecule has 0 N–H and O–H groups in total. The molecule has 0 aliphatic rings. The van der Waals surface area contributed by atoms with Crippen LogP contribution in [0.15, 0.2) is 24.3 Å². The van der Waals surface area contributed by atoms with Crippen LogP contribution in [-0.4, -0.2) is 70.0 Å². The van der Waals surface area contributed by atoms with Gasteiger partial charge in [-0.05, 0) is 44.9 Å². The first kappa shape index (κ1) is 59.5. The number of rotatable bonds is 47. The van der Waals surface area contributed by atoms with E-state index in [0.29, 0.717) is 17.4 Å². The van der Waals surface area contributed by atoms with E-state index in [-0.39, 0.29) is 32.0 Å². The normalized spacial score (nSPS) is 13.6. The molecule has 0 saturated heterocycles. The molecule has 10 heteroatoms. The van der Waals surface area contributed by atoms with Gasteiger partial charge in [0.1, 0.15) is 19.8 Å². The first-order valence-electron chi connectivity index (χ1n) is 25.5. The van der Waals surface area contributed by atoms with Gasteiger partial charge in [-0.3, -0.25) is 14.2 Å². The second kappa shape index (κ2) is 43.7. The molecule has 9 nitrogen and oxygen atoms in total. The molecule has 0 aliphatic heterocycles. The Morgan fingerprint density at radius 3 is 1.31 bits per heavy atom. The summed E-state index contributed by atoms with van der Waals surface area (Å²) < 4.78 is 34.0. The van der Waals surface area contributed by atoms with E-state index in [0.717, 1.165) is 44.9 Å².